The molecule has 1 N–H and O–H groups in total. The lowest BCUT2D eigenvalue weighted by Gasteiger charge is -2.07. The summed E-state index contributed by atoms with van der Waals surface area (Å²) in [5.41, 5.74) is 5.19. The van der Waals surface area contributed by atoms with Crippen LogP contribution in [0, 0.1) is 0 Å². The molecule has 0 saturated heterocycles. The Labute approximate surface area is 154 Å². The van der Waals surface area contributed by atoms with Crippen LogP contribution in [0.25, 0.3) is 21.8 Å². The van der Waals surface area contributed by atoms with Crippen LogP contribution < -0.4 is 10.1 Å². The highest BCUT2D eigenvalue weighted by Gasteiger charge is 2.09. The van der Waals surface area contributed by atoms with E-state index in [2.05, 4.69) is 71.4 Å². The summed E-state index contributed by atoms with van der Waals surface area (Å²) >= 11 is 0. The van der Waals surface area contributed by atoms with E-state index in [-0.39, 0.29) is 0 Å². The summed E-state index contributed by atoms with van der Waals surface area (Å²) in [6.45, 7) is 4.89. The number of benzene rings is 3. The Bertz CT molecular complexity index is 1030. The molecule has 1 heterocycles. The van der Waals surface area contributed by atoms with Gasteiger partial charge < -0.3 is 14.6 Å². The van der Waals surface area contributed by atoms with Gasteiger partial charge in [-0.2, -0.15) is 0 Å². The van der Waals surface area contributed by atoms with Crippen molar-refractivity contribution in [2.75, 3.05) is 7.11 Å². The van der Waals surface area contributed by atoms with Crippen molar-refractivity contribution in [3.8, 4) is 5.75 Å². The van der Waals surface area contributed by atoms with E-state index in [9.17, 15) is 0 Å². The van der Waals surface area contributed by atoms with E-state index >= 15 is 0 Å². The number of nitrogens with one attached hydrogen (secondary N) is 1. The zero-order chi connectivity index (χ0) is 17.9. The number of ether oxygens (including phenoxy) is 1. The summed E-state index contributed by atoms with van der Waals surface area (Å²) in [6.07, 6.45) is 0. The Morgan fingerprint density at radius 3 is 2.27 bits per heavy atom. The van der Waals surface area contributed by atoms with E-state index < -0.39 is 0 Å². The van der Waals surface area contributed by atoms with Crippen molar-refractivity contribution in [1.82, 2.24) is 9.88 Å². The van der Waals surface area contributed by atoms with Crippen molar-refractivity contribution in [1.29, 1.82) is 0 Å². The van der Waals surface area contributed by atoms with E-state index in [4.69, 9.17) is 4.74 Å². The first-order valence-corrected chi connectivity index (χ1v) is 9.13. The minimum Gasteiger partial charge on any atom is -0.497 e. The highest BCUT2D eigenvalue weighted by molar-refractivity contribution is 6.08. The van der Waals surface area contributed by atoms with Crippen LogP contribution in [-0.4, -0.2) is 11.7 Å². The first-order valence-electron chi connectivity index (χ1n) is 9.13. The van der Waals surface area contributed by atoms with E-state index in [1.807, 2.05) is 12.1 Å². The minimum atomic E-state index is 0.846. The fourth-order valence-electron chi connectivity index (χ4n) is 3.65. The number of nitrogens with zero attached hydrogens (tertiary/aromatic N) is 1. The quantitative estimate of drug-likeness (QED) is 0.526. The summed E-state index contributed by atoms with van der Waals surface area (Å²) in [6, 6.07) is 23.7. The second-order valence-electron chi connectivity index (χ2n) is 6.56. The topological polar surface area (TPSA) is 26.2 Å². The number of aromatic nitrogens is 1. The molecule has 1 aromatic heterocycles. The number of hydrogen-bond donors (Lipinski definition) is 1. The standard InChI is InChI=1S/C23H24N2O/c1-3-25-22-7-5-4-6-20(22)21-14-18(10-13-23(21)25)16-24-15-17-8-11-19(26-2)12-9-17/h4-14,24H,3,15-16H2,1-2H3. The smallest absolute Gasteiger partial charge is 0.118 e. The van der Waals surface area contributed by atoms with Crippen LogP contribution >= 0.6 is 0 Å². The molecule has 0 unspecified atom stereocenters. The van der Waals surface area contributed by atoms with Crippen molar-refractivity contribution in [3.05, 3.63) is 77.9 Å². The summed E-state index contributed by atoms with van der Waals surface area (Å²) in [5, 5.41) is 6.22. The van der Waals surface area contributed by atoms with Gasteiger partial charge in [0.25, 0.3) is 0 Å². The molecule has 0 amide bonds. The molecule has 0 fully saturated rings. The van der Waals surface area contributed by atoms with Gasteiger partial charge in [-0.1, -0.05) is 36.4 Å². The average Bonchev–Trinajstić information content (AvgIpc) is 3.01. The predicted octanol–water partition coefficient (Wildman–Crippen LogP) is 5.11. The number of rotatable bonds is 6. The van der Waals surface area contributed by atoms with Gasteiger partial charge in [-0.05, 0) is 48.4 Å². The van der Waals surface area contributed by atoms with Crippen LogP contribution in [0.2, 0.25) is 0 Å². The molecule has 0 aliphatic heterocycles. The molecule has 3 nitrogen and oxygen atoms in total. The average molecular weight is 344 g/mol. The molecule has 3 aromatic carbocycles. The first-order chi connectivity index (χ1) is 12.8. The molecule has 0 aliphatic rings. The molecular formula is C23H24N2O. The van der Waals surface area contributed by atoms with Crippen molar-refractivity contribution in [3.63, 3.8) is 0 Å². The normalized spacial score (nSPS) is 11.3. The lowest BCUT2D eigenvalue weighted by Crippen LogP contribution is -2.12. The molecule has 0 bridgehead atoms. The first kappa shape index (κ1) is 16.7. The lowest BCUT2D eigenvalue weighted by molar-refractivity contribution is 0.414. The van der Waals surface area contributed by atoms with Gasteiger partial charge in [-0.3, -0.25) is 0 Å². The maximum absolute atomic E-state index is 5.21. The summed E-state index contributed by atoms with van der Waals surface area (Å²) in [4.78, 5) is 0. The highest BCUT2D eigenvalue weighted by atomic mass is 16.5. The van der Waals surface area contributed by atoms with Crippen molar-refractivity contribution in [2.45, 2.75) is 26.6 Å². The Morgan fingerprint density at radius 1 is 0.808 bits per heavy atom. The maximum Gasteiger partial charge on any atom is 0.118 e. The Balaban J connectivity index is 1.54. The minimum absolute atomic E-state index is 0.846. The molecular weight excluding hydrogens is 320 g/mol. The zero-order valence-corrected chi connectivity index (χ0v) is 15.3. The molecule has 4 aromatic rings. The molecule has 0 radical (unpaired) electrons. The number of aryl methyl sites for hydroxylation is 1. The fourth-order valence-corrected chi connectivity index (χ4v) is 3.65. The van der Waals surface area contributed by atoms with E-state index in [1.54, 1.807) is 7.11 Å². The number of fused-ring (bicyclic) bond motifs is 3. The van der Waals surface area contributed by atoms with Crippen molar-refractivity contribution in [2.24, 2.45) is 0 Å². The number of hydrogen-bond acceptors (Lipinski definition) is 2. The monoisotopic (exact) mass is 344 g/mol. The molecule has 26 heavy (non-hydrogen) atoms. The van der Waals surface area contributed by atoms with Gasteiger partial charge in [-0.25, -0.2) is 0 Å². The van der Waals surface area contributed by atoms with Crippen LogP contribution in [0.5, 0.6) is 5.75 Å². The van der Waals surface area contributed by atoms with Gasteiger partial charge in [0.05, 0.1) is 7.11 Å². The largest absolute Gasteiger partial charge is 0.497 e. The molecule has 132 valence electrons. The maximum atomic E-state index is 5.21. The third-order valence-corrected chi connectivity index (χ3v) is 4.97. The summed E-state index contributed by atoms with van der Waals surface area (Å²) in [7, 11) is 1.69. The van der Waals surface area contributed by atoms with Crippen LogP contribution in [0.3, 0.4) is 0 Å². The Kier molecular flexibility index (Phi) is 4.63. The molecule has 3 heteroatoms. The van der Waals surface area contributed by atoms with E-state index in [0.717, 1.165) is 25.4 Å². The summed E-state index contributed by atoms with van der Waals surface area (Å²) < 4.78 is 7.60. The van der Waals surface area contributed by atoms with E-state index in [0.29, 0.717) is 0 Å². The van der Waals surface area contributed by atoms with Crippen LogP contribution in [0.1, 0.15) is 18.1 Å². The third-order valence-electron chi connectivity index (χ3n) is 4.97. The third kappa shape index (κ3) is 3.06. The van der Waals surface area contributed by atoms with Gasteiger partial charge in [0.1, 0.15) is 5.75 Å². The van der Waals surface area contributed by atoms with Crippen LogP contribution in [0.4, 0.5) is 0 Å². The second kappa shape index (κ2) is 7.22. The van der Waals surface area contributed by atoms with Gasteiger partial charge in [0.2, 0.25) is 0 Å². The zero-order valence-electron chi connectivity index (χ0n) is 15.3. The van der Waals surface area contributed by atoms with Crippen LogP contribution in [-0.2, 0) is 19.6 Å². The van der Waals surface area contributed by atoms with Crippen molar-refractivity contribution >= 4 is 21.8 Å². The van der Waals surface area contributed by atoms with Crippen LogP contribution in [0.15, 0.2) is 66.7 Å². The Hall–Kier alpha value is -2.78. The van der Waals surface area contributed by atoms with Gasteiger partial charge in [0.15, 0.2) is 0 Å². The summed E-state index contributed by atoms with van der Waals surface area (Å²) in [5.74, 6) is 0.895. The molecule has 0 atom stereocenters. The number of methoxy groups -OCH3 is 1. The fraction of sp³-hybridized carbons (Fsp3) is 0.217. The molecule has 0 aliphatic carbocycles. The molecule has 0 saturated carbocycles. The number of para-hydroxylation sites is 1. The SMILES string of the molecule is CCn1c2ccccc2c2cc(CNCc3ccc(OC)cc3)ccc21. The van der Waals surface area contributed by atoms with Gasteiger partial charge in [0, 0.05) is 41.4 Å². The van der Waals surface area contributed by atoms with Gasteiger partial charge >= 0.3 is 0 Å². The van der Waals surface area contributed by atoms with E-state index in [1.165, 1.54) is 32.9 Å². The van der Waals surface area contributed by atoms with Crippen molar-refractivity contribution < 1.29 is 4.74 Å². The highest BCUT2D eigenvalue weighted by Crippen LogP contribution is 2.29. The predicted molar refractivity (Wildman–Crippen MR) is 109 cm³/mol. The second-order valence-corrected chi connectivity index (χ2v) is 6.56. The van der Waals surface area contributed by atoms with Gasteiger partial charge in [-0.15, -0.1) is 0 Å². The Morgan fingerprint density at radius 2 is 1.50 bits per heavy atom. The molecule has 0 spiro atoms. The molecule has 4 rings (SSSR count). The lowest BCUT2D eigenvalue weighted by atomic mass is 10.1.